The highest BCUT2D eigenvalue weighted by Crippen LogP contribution is 2.32. The van der Waals surface area contributed by atoms with Gasteiger partial charge in [0.15, 0.2) is 0 Å². The fourth-order valence-electron chi connectivity index (χ4n) is 2.02. The lowest BCUT2D eigenvalue weighted by Crippen LogP contribution is -2.37. The number of aromatic carboxylic acids is 1. The van der Waals surface area contributed by atoms with E-state index >= 15 is 0 Å². The van der Waals surface area contributed by atoms with Crippen LogP contribution in [-0.2, 0) is 0 Å². The molecule has 0 aliphatic heterocycles. The lowest BCUT2D eigenvalue weighted by Gasteiger charge is -2.15. The Morgan fingerprint density at radius 2 is 2.10 bits per heavy atom. The summed E-state index contributed by atoms with van der Waals surface area (Å²) >= 11 is 0. The van der Waals surface area contributed by atoms with E-state index < -0.39 is 12.0 Å². The van der Waals surface area contributed by atoms with Crippen molar-refractivity contribution in [3.05, 3.63) is 23.8 Å². The van der Waals surface area contributed by atoms with Crippen molar-refractivity contribution in [1.29, 1.82) is 0 Å². The number of urea groups is 1. The van der Waals surface area contributed by atoms with Crippen LogP contribution in [0.5, 0.6) is 5.75 Å². The van der Waals surface area contributed by atoms with Crippen molar-refractivity contribution < 1.29 is 19.4 Å². The van der Waals surface area contributed by atoms with E-state index in [-0.39, 0.29) is 17.3 Å². The van der Waals surface area contributed by atoms with E-state index in [1.54, 1.807) is 6.07 Å². The number of nitrogens with one attached hydrogen (secondary N) is 2. The molecule has 20 heavy (non-hydrogen) atoms. The first-order chi connectivity index (χ1) is 9.51. The third-order valence-corrected chi connectivity index (χ3v) is 3.39. The van der Waals surface area contributed by atoms with Gasteiger partial charge in [-0.25, -0.2) is 9.59 Å². The van der Waals surface area contributed by atoms with E-state index in [0.29, 0.717) is 11.7 Å². The molecule has 2 amide bonds. The predicted molar refractivity (Wildman–Crippen MR) is 74.3 cm³/mol. The van der Waals surface area contributed by atoms with Gasteiger partial charge in [-0.05, 0) is 43.9 Å². The number of anilines is 1. The fourth-order valence-corrected chi connectivity index (χ4v) is 2.02. The minimum atomic E-state index is -1.12. The van der Waals surface area contributed by atoms with Crippen LogP contribution in [0.15, 0.2) is 18.2 Å². The van der Waals surface area contributed by atoms with Gasteiger partial charge in [0.1, 0.15) is 5.75 Å². The Balaban J connectivity index is 2.07. The molecule has 0 radical (unpaired) electrons. The summed E-state index contributed by atoms with van der Waals surface area (Å²) in [5, 5.41) is 14.5. The normalized spacial score (nSPS) is 15.3. The summed E-state index contributed by atoms with van der Waals surface area (Å²) < 4.78 is 4.98. The van der Waals surface area contributed by atoms with E-state index in [1.165, 1.54) is 19.2 Å². The molecule has 1 aromatic rings. The minimum absolute atomic E-state index is 0.00132. The largest absolute Gasteiger partial charge is 0.497 e. The highest BCUT2D eigenvalue weighted by atomic mass is 16.5. The van der Waals surface area contributed by atoms with Crippen LogP contribution >= 0.6 is 0 Å². The van der Waals surface area contributed by atoms with Crippen LogP contribution in [0.1, 0.15) is 30.1 Å². The zero-order valence-corrected chi connectivity index (χ0v) is 11.5. The number of carboxylic acid groups (broad SMARTS) is 1. The van der Waals surface area contributed by atoms with E-state index in [1.807, 2.05) is 6.92 Å². The summed E-state index contributed by atoms with van der Waals surface area (Å²) in [6.45, 7) is 1.95. The van der Waals surface area contributed by atoms with Gasteiger partial charge in [0.05, 0.1) is 18.4 Å². The molecule has 108 valence electrons. The molecule has 6 heteroatoms. The lowest BCUT2D eigenvalue weighted by molar-refractivity contribution is 0.0697. The fraction of sp³-hybridized carbons (Fsp3) is 0.429. The van der Waals surface area contributed by atoms with Gasteiger partial charge in [0.2, 0.25) is 0 Å². The summed E-state index contributed by atoms with van der Waals surface area (Å²) in [5.41, 5.74) is 0.248. The summed E-state index contributed by atoms with van der Waals surface area (Å²) in [7, 11) is 1.46. The van der Waals surface area contributed by atoms with Gasteiger partial charge in [-0.3, -0.25) is 0 Å². The average Bonchev–Trinajstić information content (AvgIpc) is 3.23. The molecule has 3 N–H and O–H groups in total. The molecule has 1 aliphatic rings. The molecule has 0 saturated heterocycles. The molecule has 1 unspecified atom stereocenters. The second kappa shape index (κ2) is 5.81. The third kappa shape index (κ3) is 3.40. The second-order valence-corrected chi connectivity index (χ2v) is 4.94. The molecule has 0 bridgehead atoms. The number of hydrogen-bond acceptors (Lipinski definition) is 3. The molecule has 1 atom stereocenters. The molecule has 0 aromatic heterocycles. The third-order valence-electron chi connectivity index (χ3n) is 3.39. The summed E-state index contributed by atoms with van der Waals surface area (Å²) in [6.07, 6.45) is 2.26. The predicted octanol–water partition coefficient (Wildman–Crippen LogP) is 2.31. The first-order valence-corrected chi connectivity index (χ1v) is 6.50. The number of rotatable bonds is 5. The monoisotopic (exact) mass is 278 g/mol. The molecule has 6 nitrogen and oxygen atoms in total. The molecule has 1 fully saturated rings. The smallest absolute Gasteiger partial charge is 0.337 e. The van der Waals surface area contributed by atoms with Gasteiger partial charge in [0.25, 0.3) is 0 Å². The van der Waals surface area contributed by atoms with Crippen molar-refractivity contribution in [3.63, 3.8) is 0 Å². The molecule has 1 aromatic carbocycles. The Hall–Kier alpha value is -2.24. The van der Waals surface area contributed by atoms with Gasteiger partial charge in [-0.1, -0.05) is 0 Å². The van der Waals surface area contributed by atoms with Crippen molar-refractivity contribution in [2.45, 2.75) is 25.8 Å². The first-order valence-electron chi connectivity index (χ1n) is 6.50. The molecular weight excluding hydrogens is 260 g/mol. The van der Waals surface area contributed by atoms with E-state index in [4.69, 9.17) is 9.84 Å². The van der Waals surface area contributed by atoms with Crippen molar-refractivity contribution >= 4 is 17.7 Å². The number of amides is 2. The molecular formula is C14H18N2O4. The summed E-state index contributed by atoms with van der Waals surface area (Å²) in [6, 6.07) is 4.21. The van der Waals surface area contributed by atoms with Crippen molar-refractivity contribution in [2.24, 2.45) is 5.92 Å². The SMILES string of the molecule is COc1ccc(NC(=O)NC(C)C2CC2)c(C(=O)O)c1. The van der Waals surface area contributed by atoms with E-state index in [9.17, 15) is 9.59 Å². The molecule has 2 rings (SSSR count). The Morgan fingerprint density at radius 1 is 1.40 bits per heavy atom. The van der Waals surface area contributed by atoms with Crippen molar-refractivity contribution in [2.75, 3.05) is 12.4 Å². The van der Waals surface area contributed by atoms with E-state index in [2.05, 4.69) is 10.6 Å². The maximum atomic E-state index is 11.8. The average molecular weight is 278 g/mol. The van der Waals surface area contributed by atoms with Gasteiger partial charge in [-0.15, -0.1) is 0 Å². The number of benzene rings is 1. The second-order valence-electron chi connectivity index (χ2n) is 4.94. The van der Waals surface area contributed by atoms with Crippen LogP contribution in [0.2, 0.25) is 0 Å². The standard InChI is InChI=1S/C14H18N2O4/c1-8(9-3-4-9)15-14(19)16-12-6-5-10(20-2)7-11(12)13(17)18/h5-9H,3-4H2,1-2H3,(H,17,18)(H2,15,16,19). The molecule has 1 saturated carbocycles. The Labute approximate surface area is 117 Å². The van der Waals surface area contributed by atoms with Crippen LogP contribution in [0.4, 0.5) is 10.5 Å². The van der Waals surface area contributed by atoms with Crippen molar-refractivity contribution in [1.82, 2.24) is 5.32 Å². The molecule has 0 heterocycles. The number of carboxylic acids is 1. The van der Waals surface area contributed by atoms with Crippen LogP contribution < -0.4 is 15.4 Å². The Morgan fingerprint density at radius 3 is 2.65 bits per heavy atom. The van der Waals surface area contributed by atoms with Crippen LogP contribution in [0.25, 0.3) is 0 Å². The minimum Gasteiger partial charge on any atom is -0.497 e. The number of carbonyl (C=O) groups is 2. The molecule has 1 aliphatic carbocycles. The summed E-state index contributed by atoms with van der Waals surface area (Å²) in [5.74, 6) is -0.148. The van der Waals surface area contributed by atoms with Gasteiger partial charge in [0, 0.05) is 6.04 Å². The number of methoxy groups -OCH3 is 1. The number of hydrogen-bond donors (Lipinski definition) is 3. The topological polar surface area (TPSA) is 87.7 Å². The molecule has 0 spiro atoms. The quantitative estimate of drug-likeness (QED) is 0.771. The van der Waals surface area contributed by atoms with Crippen LogP contribution in [0.3, 0.4) is 0 Å². The zero-order chi connectivity index (χ0) is 14.7. The van der Waals surface area contributed by atoms with E-state index in [0.717, 1.165) is 12.8 Å². The summed E-state index contributed by atoms with van der Waals surface area (Å²) in [4.78, 5) is 23.0. The van der Waals surface area contributed by atoms with Crippen LogP contribution in [0, 0.1) is 5.92 Å². The number of ether oxygens (including phenoxy) is 1. The highest BCUT2D eigenvalue weighted by Gasteiger charge is 2.29. The van der Waals surface area contributed by atoms with Gasteiger partial charge in [-0.2, -0.15) is 0 Å². The highest BCUT2D eigenvalue weighted by molar-refractivity contribution is 6.00. The maximum absolute atomic E-state index is 11.8. The first kappa shape index (κ1) is 14.2. The van der Waals surface area contributed by atoms with Gasteiger partial charge >= 0.3 is 12.0 Å². The Bertz CT molecular complexity index is 526. The lowest BCUT2D eigenvalue weighted by atomic mass is 10.1. The Kier molecular flexibility index (Phi) is 4.12. The maximum Gasteiger partial charge on any atom is 0.337 e. The van der Waals surface area contributed by atoms with Crippen molar-refractivity contribution in [3.8, 4) is 5.75 Å². The zero-order valence-electron chi connectivity index (χ0n) is 11.5. The number of carbonyl (C=O) groups excluding carboxylic acids is 1. The van der Waals surface area contributed by atoms with Gasteiger partial charge < -0.3 is 20.5 Å². The van der Waals surface area contributed by atoms with Crippen LogP contribution in [-0.4, -0.2) is 30.3 Å².